The second kappa shape index (κ2) is 7.56. The number of rotatable bonds is 5. The first-order valence-corrected chi connectivity index (χ1v) is 7.19. The average molecular weight is 330 g/mol. The Hall–Kier alpha value is -1.66. The van der Waals surface area contributed by atoms with Gasteiger partial charge in [0.15, 0.2) is 0 Å². The lowest BCUT2D eigenvalue weighted by molar-refractivity contribution is -0.124. The van der Waals surface area contributed by atoms with Crippen molar-refractivity contribution in [3.8, 4) is 0 Å². The first-order chi connectivity index (χ1) is 10.1. The van der Waals surface area contributed by atoms with Gasteiger partial charge in [-0.1, -0.05) is 11.6 Å². The number of carbonyl (C=O) groups is 2. The minimum Gasteiger partial charge on any atom is -0.350 e. The monoisotopic (exact) mass is 329 g/mol. The Labute approximate surface area is 134 Å². The third-order valence-electron chi connectivity index (χ3n) is 2.55. The summed E-state index contributed by atoms with van der Waals surface area (Å²) in [5.74, 6) is -1.19. The van der Waals surface area contributed by atoms with Gasteiger partial charge in [-0.2, -0.15) is 0 Å². The zero-order chi connectivity index (χ0) is 16.9. The molecule has 22 heavy (non-hydrogen) atoms. The topological polar surface area (TPSA) is 61.4 Å². The fraction of sp³-hybridized carbons (Fsp3) is 0.467. The van der Waals surface area contributed by atoms with Crippen LogP contribution >= 0.6 is 11.6 Å². The molecule has 2 amide bonds. The smallest absolute Gasteiger partial charge is 0.238 e. The van der Waals surface area contributed by atoms with E-state index in [4.69, 9.17) is 11.6 Å². The molecule has 0 radical (unpaired) electrons. The van der Waals surface area contributed by atoms with Crippen molar-refractivity contribution in [2.75, 3.05) is 25.5 Å². The van der Waals surface area contributed by atoms with Gasteiger partial charge >= 0.3 is 0 Å². The number of benzene rings is 1. The van der Waals surface area contributed by atoms with Crippen LogP contribution in [0, 0.1) is 5.82 Å². The molecule has 2 N–H and O–H groups in total. The molecule has 0 saturated heterocycles. The van der Waals surface area contributed by atoms with Gasteiger partial charge in [0, 0.05) is 10.6 Å². The van der Waals surface area contributed by atoms with Crippen LogP contribution in [0.1, 0.15) is 20.8 Å². The molecule has 0 aliphatic heterocycles. The van der Waals surface area contributed by atoms with Crippen LogP contribution in [0.3, 0.4) is 0 Å². The number of amides is 2. The Morgan fingerprint density at radius 3 is 2.36 bits per heavy atom. The summed E-state index contributed by atoms with van der Waals surface area (Å²) in [7, 11) is 1.64. The fourth-order valence-electron chi connectivity index (χ4n) is 1.78. The maximum Gasteiger partial charge on any atom is 0.238 e. The van der Waals surface area contributed by atoms with Gasteiger partial charge in [-0.25, -0.2) is 4.39 Å². The molecule has 122 valence electrons. The van der Waals surface area contributed by atoms with Gasteiger partial charge in [0.05, 0.1) is 18.8 Å². The molecule has 0 bridgehead atoms. The predicted molar refractivity (Wildman–Crippen MR) is 85.4 cm³/mol. The molecule has 1 aromatic rings. The van der Waals surface area contributed by atoms with Crippen LogP contribution in [0.15, 0.2) is 18.2 Å². The van der Waals surface area contributed by atoms with E-state index in [0.29, 0.717) is 0 Å². The molecule has 1 aromatic carbocycles. The lowest BCUT2D eigenvalue weighted by atomic mass is 10.1. The summed E-state index contributed by atoms with van der Waals surface area (Å²) in [4.78, 5) is 25.1. The van der Waals surface area contributed by atoms with Gasteiger partial charge in [0.2, 0.25) is 11.8 Å². The van der Waals surface area contributed by atoms with Crippen molar-refractivity contribution in [2.24, 2.45) is 0 Å². The second-order valence-corrected chi connectivity index (χ2v) is 6.58. The van der Waals surface area contributed by atoms with Gasteiger partial charge in [-0.05, 0) is 46.0 Å². The molecule has 7 heteroatoms. The molecular weight excluding hydrogens is 309 g/mol. The van der Waals surface area contributed by atoms with E-state index in [-0.39, 0.29) is 35.2 Å². The number of halogens is 2. The van der Waals surface area contributed by atoms with E-state index >= 15 is 0 Å². The highest BCUT2D eigenvalue weighted by molar-refractivity contribution is 6.30. The Balaban J connectivity index is 2.49. The molecule has 0 heterocycles. The van der Waals surface area contributed by atoms with E-state index in [1.165, 1.54) is 12.1 Å². The summed E-state index contributed by atoms with van der Waals surface area (Å²) in [6.45, 7) is 5.68. The average Bonchev–Trinajstić information content (AvgIpc) is 2.29. The standard InChI is InChI=1S/C15H21ClFN3O2/c1-15(2,3)19-14(22)9-20(4)8-13(21)18-12-6-5-10(16)7-11(12)17/h5-7H,8-9H2,1-4H3,(H,18,21)(H,19,22). The molecule has 5 nitrogen and oxygen atoms in total. The molecule has 0 atom stereocenters. The van der Waals surface area contributed by atoms with Gasteiger partial charge in [0.25, 0.3) is 0 Å². The fourth-order valence-corrected chi connectivity index (χ4v) is 1.94. The number of carbonyl (C=O) groups excluding carboxylic acids is 2. The van der Waals surface area contributed by atoms with Crippen molar-refractivity contribution >= 4 is 29.1 Å². The van der Waals surface area contributed by atoms with Crippen LogP contribution in [-0.4, -0.2) is 42.4 Å². The lowest BCUT2D eigenvalue weighted by Crippen LogP contribution is -2.46. The number of nitrogens with one attached hydrogen (secondary N) is 2. The third kappa shape index (κ3) is 6.87. The van der Waals surface area contributed by atoms with E-state index in [1.54, 1.807) is 11.9 Å². The molecule has 0 aliphatic rings. The van der Waals surface area contributed by atoms with Crippen LogP contribution in [0.25, 0.3) is 0 Å². The quantitative estimate of drug-likeness (QED) is 0.871. The summed E-state index contributed by atoms with van der Waals surface area (Å²) in [6.07, 6.45) is 0. The van der Waals surface area contributed by atoms with Gasteiger partial charge < -0.3 is 10.6 Å². The van der Waals surface area contributed by atoms with Crippen molar-refractivity contribution in [3.63, 3.8) is 0 Å². The number of hydrogen-bond donors (Lipinski definition) is 2. The minimum atomic E-state index is -0.603. The highest BCUT2D eigenvalue weighted by atomic mass is 35.5. The van der Waals surface area contributed by atoms with E-state index in [1.807, 2.05) is 20.8 Å². The van der Waals surface area contributed by atoms with E-state index in [2.05, 4.69) is 10.6 Å². The predicted octanol–water partition coefficient (Wildman–Crippen LogP) is 2.26. The van der Waals surface area contributed by atoms with Crippen molar-refractivity contribution in [2.45, 2.75) is 26.3 Å². The Morgan fingerprint density at radius 2 is 1.82 bits per heavy atom. The zero-order valence-corrected chi connectivity index (χ0v) is 13.9. The largest absolute Gasteiger partial charge is 0.350 e. The van der Waals surface area contributed by atoms with Crippen molar-refractivity contribution in [1.29, 1.82) is 0 Å². The second-order valence-electron chi connectivity index (χ2n) is 6.14. The summed E-state index contributed by atoms with van der Waals surface area (Å²) >= 11 is 5.64. The van der Waals surface area contributed by atoms with Gasteiger partial charge in [-0.3, -0.25) is 14.5 Å². The maximum atomic E-state index is 13.6. The van der Waals surface area contributed by atoms with Crippen molar-refractivity contribution in [1.82, 2.24) is 10.2 Å². The highest BCUT2D eigenvalue weighted by Crippen LogP contribution is 2.18. The van der Waals surface area contributed by atoms with Crippen LogP contribution in [0.2, 0.25) is 5.02 Å². The molecule has 1 rings (SSSR count). The van der Waals surface area contributed by atoms with Gasteiger partial charge in [-0.15, -0.1) is 0 Å². The SMILES string of the molecule is CN(CC(=O)Nc1ccc(Cl)cc1F)CC(=O)NC(C)(C)C. The third-order valence-corrected chi connectivity index (χ3v) is 2.78. The minimum absolute atomic E-state index is 0.0281. The van der Waals surface area contributed by atoms with Crippen LogP contribution in [-0.2, 0) is 9.59 Å². The first kappa shape index (κ1) is 18.4. The molecular formula is C15H21ClFN3O2. The Morgan fingerprint density at radius 1 is 1.23 bits per heavy atom. The molecule has 0 fully saturated rings. The van der Waals surface area contributed by atoms with Crippen LogP contribution < -0.4 is 10.6 Å². The summed E-state index contributed by atoms with van der Waals surface area (Å²) < 4.78 is 13.6. The Kier molecular flexibility index (Phi) is 6.32. The number of likely N-dealkylation sites (N-methyl/N-ethyl adjacent to an activating group) is 1. The summed E-state index contributed by atoms with van der Waals surface area (Å²) in [6, 6.07) is 4.00. The van der Waals surface area contributed by atoms with E-state index < -0.39 is 11.7 Å². The summed E-state index contributed by atoms with van der Waals surface area (Å²) in [5.41, 5.74) is -0.269. The molecule has 0 spiro atoms. The lowest BCUT2D eigenvalue weighted by Gasteiger charge is -2.23. The van der Waals surface area contributed by atoms with Crippen LogP contribution in [0.4, 0.5) is 10.1 Å². The highest BCUT2D eigenvalue weighted by Gasteiger charge is 2.16. The Bertz CT molecular complexity index is 558. The molecule has 0 aliphatic carbocycles. The normalized spacial score (nSPS) is 11.4. The van der Waals surface area contributed by atoms with E-state index in [9.17, 15) is 14.0 Å². The number of hydrogen-bond acceptors (Lipinski definition) is 3. The van der Waals surface area contributed by atoms with Crippen LogP contribution in [0.5, 0.6) is 0 Å². The number of nitrogens with zero attached hydrogens (tertiary/aromatic N) is 1. The molecule has 0 saturated carbocycles. The maximum absolute atomic E-state index is 13.6. The van der Waals surface area contributed by atoms with Crippen molar-refractivity contribution in [3.05, 3.63) is 29.0 Å². The first-order valence-electron chi connectivity index (χ1n) is 6.81. The zero-order valence-electron chi connectivity index (χ0n) is 13.2. The van der Waals surface area contributed by atoms with Gasteiger partial charge in [0.1, 0.15) is 5.82 Å². The van der Waals surface area contributed by atoms with E-state index in [0.717, 1.165) is 6.07 Å². The molecule has 0 unspecified atom stereocenters. The number of anilines is 1. The molecule has 0 aromatic heterocycles. The summed E-state index contributed by atoms with van der Waals surface area (Å²) in [5, 5.41) is 5.50. The van der Waals surface area contributed by atoms with Crippen molar-refractivity contribution < 1.29 is 14.0 Å².